The van der Waals surface area contributed by atoms with Gasteiger partial charge in [0.2, 0.25) is 0 Å². The number of nitrogens with zero attached hydrogens (tertiary/aromatic N) is 1. The summed E-state index contributed by atoms with van der Waals surface area (Å²) in [5.74, 6) is 0.745. The van der Waals surface area contributed by atoms with Crippen LogP contribution in [0.25, 0.3) is 0 Å². The number of hydrogen-bond donors (Lipinski definition) is 1. The zero-order valence-corrected chi connectivity index (χ0v) is 17.3. The fourth-order valence-corrected chi connectivity index (χ4v) is 3.61. The van der Waals surface area contributed by atoms with Crippen LogP contribution in [0.15, 0.2) is 24.3 Å². The standard InChI is InChI=1S/C22H36N2O3/c1-4-14-22(3,27-5-2)21(25)23-19-10-12-20(13-11-19)26-18-9-17-24-15-7-6-8-16-24/h10-13H,4-9,14-18H2,1-3H3,(H,23,25)/t22-/m0/s1. The molecule has 5 heteroatoms. The van der Waals surface area contributed by atoms with E-state index in [9.17, 15) is 4.79 Å². The van der Waals surface area contributed by atoms with Crippen LogP contribution < -0.4 is 10.1 Å². The van der Waals surface area contributed by atoms with Gasteiger partial charge in [0.1, 0.15) is 11.4 Å². The third-order valence-corrected chi connectivity index (χ3v) is 5.12. The van der Waals surface area contributed by atoms with Crippen LogP contribution in [0.2, 0.25) is 0 Å². The zero-order chi connectivity index (χ0) is 19.5. The van der Waals surface area contributed by atoms with Gasteiger partial charge in [-0.15, -0.1) is 0 Å². The van der Waals surface area contributed by atoms with E-state index in [2.05, 4.69) is 17.1 Å². The first kappa shape index (κ1) is 21.7. The number of likely N-dealkylation sites (tertiary alicyclic amines) is 1. The molecule has 0 aromatic heterocycles. The van der Waals surface area contributed by atoms with E-state index in [0.29, 0.717) is 13.0 Å². The number of benzene rings is 1. The molecule has 0 aliphatic carbocycles. The quantitative estimate of drug-likeness (QED) is 0.579. The van der Waals surface area contributed by atoms with Crippen molar-refractivity contribution in [2.75, 3.05) is 38.2 Å². The molecule has 1 amide bonds. The highest BCUT2D eigenvalue weighted by molar-refractivity contribution is 5.97. The van der Waals surface area contributed by atoms with Gasteiger partial charge in [-0.3, -0.25) is 4.79 Å². The highest BCUT2D eigenvalue weighted by atomic mass is 16.5. The first-order chi connectivity index (χ1) is 13.1. The Bertz CT molecular complexity index is 547. The van der Waals surface area contributed by atoms with Crippen LogP contribution in [0, 0.1) is 0 Å². The molecule has 1 saturated heterocycles. The minimum Gasteiger partial charge on any atom is -0.494 e. The second-order valence-corrected chi connectivity index (χ2v) is 7.50. The zero-order valence-electron chi connectivity index (χ0n) is 17.3. The molecule has 1 heterocycles. The molecule has 5 nitrogen and oxygen atoms in total. The fraction of sp³-hybridized carbons (Fsp3) is 0.682. The molecule has 1 aliphatic heterocycles. The number of hydrogen-bond acceptors (Lipinski definition) is 4. The number of piperidine rings is 1. The van der Waals surface area contributed by atoms with Gasteiger partial charge in [0, 0.05) is 18.8 Å². The average Bonchev–Trinajstić information content (AvgIpc) is 2.67. The molecule has 1 aromatic rings. The lowest BCUT2D eigenvalue weighted by atomic mass is 9.99. The van der Waals surface area contributed by atoms with E-state index in [0.717, 1.165) is 37.4 Å². The summed E-state index contributed by atoms with van der Waals surface area (Å²) >= 11 is 0. The van der Waals surface area contributed by atoms with Crippen molar-refractivity contribution in [2.24, 2.45) is 0 Å². The number of carbonyl (C=O) groups is 1. The predicted octanol–water partition coefficient (Wildman–Crippen LogP) is 4.48. The second-order valence-electron chi connectivity index (χ2n) is 7.50. The molecule has 0 radical (unpaired) electrons. The third-order valence-electron chi connectivity index (χ3n) is 5.12. The Labute approximate surface area is 164 Å². The molecule has 2 rings (SSSR count). The molecule has 0 spiro atoms. The van der Waals surface area contributed by atoms with Crippen LogP contribution in [0.3, 0.4) is 0 Å². The van der Waals surface area contributed by atoms with Crippen LogP contribution in [0.4, 0.5) is 5.69 Å². The van der Waals surface area contributed by atoms with Crippen molar-refractivity contribution in [1.82, 2.24) is 4.90 Å². The smallest absolute Gasteiger partial charge is 0.256 e. The largest absolute Gasteiger partial charge is 0.494 e. The average molecular weight is 377 g/mol. The number of amides is 1. The van der Waals surface area contributed by atoms with E-state index < -0.39 is 5.60 Å². The van der Waals surface area contributed by atoms with Gasteiger partial charge in [0.15, 0.2) is 0 Å². The van der Waals surface area contributed by atoms with Crippen LogP contribution >= 0.6 is 0 Å². The monoisotopic (exact) mass is 376 g/mol. The Morgan fingerprint density at radius 1 is 1.15 bits per heavy atom. The maximum atomic E-state index is 12.6. The molecular weight excluding hydrogens is 340 g/mol. The van der Waals surface area contributed by atoms with Crippen molar-refractivity contribution in [2.45, 2.75) is 64.9 Å². The van der Waals surface area contributed by atoms with Gasteiger partial charge in [-0.2, -0.15) is 0 Å². The highest BCUT2D eigenvalue weighted by Gasteiger charge is 2.32. The summed E-state index contributed by atoms with van der Waals surface area (Å²) in [7, 11) is 0. The lowest BCUT2D eigenvalue weighted by Gasteiger charge is -2.27. The van der Waals surface area contributed by atoms with Crippen LogP contribution in [-0.2, 0) is 9.53 Å². The first-order valence-corrected chi connectivity index (χ1v) is 10.5. The Balaban J connectivity index is 1.76. The molecule has 0 unspecified atom stereocenters. The van der Waals surface area contributed by atoms with Crippen LogP contribution in [-0.4, -0.2) is 49.3 Å². The molecule has 1 aromatic carbocycles. The van der Waals surface area contributed by atoms with Crippen molar-refractivity contribution in [1.29, 1.82) is 0 Å². The minimum absolute atomic E-state index is 0.0959. The summed E-state index contributed by atoms with van der Waals surface area (Å²) in [6.07, 6.45) is 6.67. The maximum Gasteiger partial charge on any atom is 0.256 e. The number of nitrogens with one attached hydrogen (secondary N) is 1. The minimum atomic E-state index is -0.785. The molecule has 1 N–H and O–H groups in total. The molecule has 27 heavy (non-hydrogen) atoms. The van der Waals surface area contributed by atoms with Gasteiger partial charge >= 0.3 is 0 Å². The molecule has 1 fully saturated rings. The van der Waals surface area contributed by atoms with E-state index in [-0.39, 0.29) is 5.91 Å². The highest BCUT2D eigenvalue weighted by Crippen LogP contribution is 2.22. The number of rotatable bonds is 11. The van der Waals surface area contributed by atoms with Crippen molar-refractivity contribution in [3.63, 3.8) is 0 Å². The van der Waals surface area contributed by atoms with E-state index >= 15 is 0 Å². The molecule has 1 atom stereocenters. The van der Waals surface area contributed by atoms with Crippen molar-refractivity contribution in [3.8, 4) is 5.75 Å². The maximum absolute atomic E-state index is 12.6. The first-order valence-electron chi connectivity index (χ1n) is 10.5. The molecule has 0 saturated carbocycles. The number of carbonyl (C=O) groups excluding carboxylic acids is 1. The summed E-state index contributed by atoms with van der Waals surface area (Å²) in [6.45, 7) is 10.6. The van der Waals surface area contributed by atoms with E-state index in [4.69, 9.17) is 9.47 Å². The summed E-state index contributed by atoms with van der Waals surface area (Å²) in [5.41, 5.74) is -0.0182. The van der Waals surface area contributed by atoms with Gasteiger partial charge in [-0.25, -0.2) is 0 Å². The normalized spacial score (nSPS) is 17.3. The molecule has 152 valence electrons. The topological polar surface area (TPSA) is 50.8 Å². The Morgan fingerprint density at radius 2 is 1.85 bits per heavy atom. The van der Waals surface area contributed by atoms with Crippen molar-refractivity contribution >= 4 is 11.6 Å². The summed E-state index contributed by atoms with van der Waals surface area (Å²) < 4.78 is 11.5. The van der Waals surface area contributed by atoms with Gasteiger partial charge < -0.3 is 19.7 Å². The second kappa shape index (κ2) is 11.3. The SMILES string of the molecule is CCC[C@](C)(OCC)C(=O)Nc1ccc(OCCCN2CCCCC2)cc1. The third kappa shape index (κ3) is 7.15. The van der Waals surface area contributed by atoms with Gasteiger partial charge in [-0.05, 0) is 76.9 Å². The fourth-order valence-electron chi connectivity index (χ4n) is 3.61. The van der Waals surface area contributed by atoms with Crippen molar-refractivity contribution < 1.29 is 14.3 Å². The van der Waals surface area contributed by atoms with Crippen LogP contribution in [0.1, 0.15) is 59.3 Å². The lowest BCUT2D eigenvalue weighted by molar-refractivity contribution is -0.139. The van der Waals surface area contributed by atoms with Gasteiger partial charge in [0.05, 0.1) is 6.61 Å². The van der Waals surface area contributed by atoms with Gasteiger partial charge in [-0.1, -0.05) is 19.8 Å². The molecular formula is C22H36N2O3. The van der Waals surface area contributed by atoms with Crippen molar-refractivity contribution in [3.05, 3.63) is 24.3 Å². The molecule has 1 aliphatic rings. The summed E-state index contributed by atoms with van der Waals surface area (Å²) in [4.78, 5) is 15.1. The number of ether oxygens (including phenoxy) is 2. The summed E-state index contributed by atoms with van der Waals surface area (Å²) in [5, 5.41) is 2.96. The van der Waals surface area contributed by atoms with E-state index in [1.807, 2.05) is 38.1 Å². The van der Waals surface area contributed by atoms with Gasteiger partial charge in [0.25, 0.3) is 5.91 Å². The summed E-state index contributed by atoms with van der Waals surface area (Å²) in [6, 6.07) is 7.59. The van der Waals surface area contributed by atoms with E-state index in [1.54, 1.807) is 0 Å². The lowest BCUT2D eigenvalue weighted by Crippen LogP contribution is -2.42. The predicted molar refractivity (Wildman–Crippen MR) is 110 cm³/mol. The molecule has 0 bridgehead atoms. The Kier molecular flexibility index (Phi) is 9.08. The number of anilines is 1. The Hall–Kier alpha value is -1.59. The van der Waals surface area contributed by atoms with Crippen LogP contribution in [0.5, 0.6) is 5.75 Å². The van der Waals surface area contributed by atoms with E-state index in [1.165, 1.54) is 32.4 Å². The Morgan fingerprint density at radius 3 is 2.48 bits per heavy atom.